The normalized spacial score (nSPS) is 27.1. The number of amides is 5. The van der Waals surface area contributed by atoms with Crippen molar-refractivity contribution in [3.8, 4) is 11.8 Å². The van der Waals surface area contributed by atoms with Crippen LogP contribution in [-0.2, 0) is 9.59 Å². The Morgan fingerprint density at radius 3 is 2.33 bits per heavy atom. The predicted molar refractivity (Wildman–Crippen MR) is 207 cm³/mol. The van der Waals surface area contributed by atoms with Gasteiger partial charge in [0.25, 0.3) is 17.7 Å². The third kappa shape index (κ3) is 7.28. The summed E-state index contributed by atoms with van der Waals surface area (Å²) in [6.45, 7) is 6.27. The van der Waals surface area contributed by atoms with E-state index in [2.05, 4.69) is 41.4 Å². The Kier molecular flexibility index (Phi) is 9.78. The van der Waals surface area contributed by atoms with Gasteiger partial charge in [-0.15, -0.1) is 0 Å². The minimum absolute atomic E-state index is 0.0203. The minimum atomic E-state index is -0.975. The maximum Gasteiger partial charge on any atom is 0.271 e. The number of nitriles is 1. The molecule has 0 bridgehead atoms. The van der Waals surface area contributed by atoms with Crippen LogP contribution in [0.4, 0.5) is 11.5 Å². The highest BCUT2D eigenvalue weighted by atomic mass is 35.5. The number of hydrogen-bond acceptors (Lipinski definition) is 12. The van der Waals surface area contributed by atoms with E-state index in [0.29, 0.717) is 50.9 Å². The molecule has 2 aromatic carbocycles. The highest BCUT2D eigenvalue weighted by molar-refractivity contribution is 6.31. The van der Waals surface area contributed by atoms with Gasteiger partial charge in [0, 0.05) is 70.0 Å². The molecule has 0 spiro atoms. The summed E-state index contributed by atoms with van der Waals surface area (Å²) in [6, 6.07) is 11.5. The number of hydrogen-bond donors (Lipinski definition) is 2. The van der Waals surface area contributed by atoms with Crippen molar-refractivity contribution < 1.29 is 28.7 Å². The summed E-state index contributed by atoms with van der Waals surface area (Å²) in [6.07, 6.45) is 6.67. The molecule has 15 nitrogen and oxygen atoms in total. The van der Waals surface area contributed by atoms with Gasteiger partial charge in [-0.3, -0.25) is 39.1 Å². The van der Waals surface area contributed by atoms with Crippen molar-refractivity contribution in [1.82, 2.24) is 30.4 Å². The number of ether oxygens (including phenoxy) is 1. The molecule has 2 saturated carbocycles. The van der Waals surface area contributed by atoms with Gasteiger partial charge >= 0.3 is 0 Å². The maximum absolute atomic E-state index is 13.3. The van der Waals surface area contributed by atoms with Crippen molar-refractivity contribution in [2.45, 2.75) is 56.7 Å². The number of piperazine rings is 1. The molecule has 9 rings (SSSR count). The van der Waals surface area contributed by atoms with E-state index in [4.69, 9.17) is 21.6 Å². The average molecular weight is 792 g/mol. The number of aromatic nitrogens is 2. The Morgan fingerprint density at radius 2 is 1.65 bits per heavy atom. The summed E-state index contributed by atoms with van der Waals surface area (Å²) in [4.78, 5) is 80.5. The first-order valence-corrected chi connectivity index (χ1v) is 20.1. The first-order valence-electron chi connectivity index (χ1n) is 19.7. The Labute approximate surface area is 334 Å². The largest absolute Gasteiger partial charge is 0.490 e. The summed E-state index contributed by atoms with van der Waals surface area (Å²) in [7, 11) is 0. The van der Waals surface area contributed by atoms with Gasteiger partial charge in [0.1, 0.15) is 29.4 Å². The summed E-state index contributed by atoms with van der Waals surface area (Å²) in [5, 5.41) is 14.8. The summed E-state index contributed by atoms with van der Waals surface area (Å²) < 4.78 is 6.08. The highest BCUT2D eigenvalue weighted by Crippen LogP contribution is 2.52. The van der Waals surface area contributed by atoms with E-state index < -0.39 is 29.7 Å². The lowest BCUT2D eigenvalue weighted by molar-refractivity contribution is -0.136. The van der Waals surface area contributed by atoms with Crippen LogP contribution in [-0.4, -0.2) is 113 Å². The molecule has 5 heterocycles. The molecule has 2 N–H and O–H groups in total. The molecular formula is C41H42ClN9O6. The van der Waals surface area contributed by atoms with Gasteiger partial charge < -0.3 is 19.9 Å². The van der Waals surface area contributed by atoms with Gasteiger partial charge in [0.05, 0.1) is 40.2 Å². The van der Waals surface area contributed by atoms with Gasteiger partial charge in [0.2, 0.25) is 11.8 Å². The smallest absolute Gasteiger partial charge is 0.271 e. The number of nitrogens with one attached hydrogen (secondary N) is 2. The van der Waals surface area contributed by atoms with Gasteiger partial charge in [0.15, 0.2) is 0 Å². The third-order valence-electron chi connectivity index (χ3n) is 12.6. The molecular weight excluding hydrogens is 750 g/mol. The molecule has 4 aliphatic heterocycles. The van der Waals surface area contributed by atoms with Crippen LogP contribution in [0.15, 0.2) is 48.8 Å². The summed E-state index contributed by atoms with van der Waals surface area (Å²) in [5.74, 6) is 1.07. The fourth-order valence-corrected chi connectivity index (χ4v) is 9.50. The second-order valence-electron chi connectivity index (χ2n) is 15.9. The average Bonchev–Trinajstić information content (AvgIpc) is 3.51. The van der Waals surface area contributed by atoms with Crippen molar-refractivity contribution >= 4 is 52.6 Å². The van der Waals surface area contributed by atoms with E-state index in [1.54, 1.807) is 42.7 Å². The van der Waals surface area contributed by atoms with Crippen molar-refractivity contribution in [1.29, 1.82) is 5.26 Å². The van der Waals surface area contributed by atoms with Gasteiger partial charge in [-0.25, -0.2) is 9.97 Å². The van der Waals surface area contributed by atoms with Crippen molar-refractivity contribution in [3.63, 3.8) is 0 Å². The molecule has 2 aliphatic carbocycles. The van der Waals surface area contributed by atoms with Gasteiger partial charge in [-0.2, -0.15) is 5.26 Å². The lowest BCUT2D eigenvalue weighted by Crippen LogP contribution is -2.54. The molecule has 2 unspecified atom stereocenters. The first kappa shape index (κ1) is 37.0. The molecule has 6 aliphatic rings. The highest BCUT2D eigenvalue weighted by Gasteiger charge is 2.56. The van der Waals surface area contributed by atoms with E-state index in [-0.39, 0.29) is 30.9 Å². The number of anilines is 2. The van der Waals surface area contributed by atoms with E-state index in [1.165, 1.54) is 0 Å². The van der Waals surface area contributed by atoms with E-state index in [0.717, 1.165) is 87.9 Å². The number of piperidine rings is 2. The fourth-order valence-electron chi connectivity index (χ4n) is 9.29. The SMILES string of the molecule is N#Cc1ccc(OC2CCC(NC(=O)c3cnc(N4C[C@@H]5C(CN6CCN(c7ccc8c(c7)C(=O)N(C7CCC(=O)NC7=O)C8=O)CC6)[C@@H]5C4)cn3)CC2)cc1Cl. The third-order valence-corrected chi connectivity index (χ3v) is 12.9. The standard InChI is InChI=1S/C41H42ClN9O6/c42-33-16-27(5-1-23(33)17-43)57-26-6-2-24(3-7-26)46-38(53)34-18-45-36(19-44-34)50-21-31-30(32(31)22-50)20-48-11-13-49(14-12-48)25-4-8-28-29(15-25)41(56)51(40(28)55)35-9-10-37(52)47-39(35)54/h1,4-5,8,15-16,18-19,24,26,30-32,35H,2-3,6-7,9-14,20-22H2,(H,46,53)(H,47,52,54)/t24?,26?,30?,31-,32+,35?. The molecule has 294 valence electrons. The molecule has 4 atom stereocenters. The Balaban J connectivity index is 0.702. The zero-order chi connectivity index (χ0) is 39.4. The van der Waals surface area contributed by atoms with Crippen molar-refractivity contribution in [2.75, 3.05) is 55.6 Å². The predicted octanol–water partition coefficient (Wildman–Crippen LogP) is 3.03. The van der Waals surface area contributed by atoms with Crippen LogP contribution in [0.1, 0.15) is 75.3 Å². The van der Waals surface area contributed by atoms with Gasteiger partial charge in [-0.1, -0.05) is 11.6 Å². The lowest BCUT2D eigenvalue weighted by Gasteiger charge is -2.36. The zero-order valence-corrected chi connectivity index (χ0v) is 32.0. The maximum atomic E-state index is 13.3. The number of imide groups is 2. The molecule has 3 saturated heterocycles. The van der Waals surface area contributed by atoms with Crippen LogP contribution in [0.3, 0.4) is 0 Å². The van der Waals surface area contributed by atoms with Crippen LogP contribution >= 0.6 is 11.6 Å². The van der Waals surface area contributed by atoms with Crippen LogP contribution in [0.5, 0.6) is 5.75 Å². The molecule has 16 heteroatoms. The molecule has 3 aromatic rings. The van der Waals surface area contributed by atoms with Crippen LogP contribution in [0, 0.1) is 29.1 Å². The molecule has 0 radical (unpaired) electrons. The Morgan fingerprint density at radius 1 is 0.895 bits per heavy atom. The summed E-state index contributed by atoms with van der Waals surface area (Å²) in [5.41, 5.74) is 2.19. The van der Waals surface area contributed by atoms with Crippen molar-refractivity contribution in [3.05, 3.63) is 76.2 Å². The Bertz CT molecular complexity index is 2170. The number of carbonyl (C=O) groups excluding carboxylic acids is 5. The van der Waals surface area contributed by atoms with E-state index in [9.17, 15) is 24.0 Å². The number of rotatable bonds is 9. The molecule has 57 heavy (non-hydrogen) atoms. The van der Waals surface area contributed by atoms with E-state index >= 15 is 0 Å². The van der Waals surface area contributed by atoms with E-state index in [1.807, 2.05) is 6.07 Å². The molecule has 1 aromatic heterocycles. The van der Waals surface area contributed by atoms with Crippen LogP contribution in [0.25, 0.3) is 0 Å². The second kappa shape index (κ2) is 15.1. The topological polar surface area (TPSA) is 181 Å². The number of nitrogens with zero attached hydrogens (tertiary/aromatic N) is 7. The second-order valence-corrected chi connectivity index (χ2v) is 16.3. The fraction of sp³-hybridized carbons (Fsp3) is 0.463. The number of carbonyl (C=O) groups is 5. The number of benzene rings is 2. The quantitative estimate of drug-likeness (QED) is 0.303. The number of fused-ring (bicyclic) bond motifs is 2. The molecule has 5 fully saturated rings. The zero-order valence-electron chi connectivity index (χ0n) is 31.2. The van der Waals surface area contributed by atoms with Crippen LogP contribution < -0.4 is 25.2 Å². The summed E-state index contributed by atoms with van der Waals surface area (Å²) >= 11 is 6.14. The van der Waals surface area contributed by atoms with Crippen LogP contribution in [0.2, 0.25) is 5.02 Å². The lowest BCUT2D eigenvalue weighted by atomic mass is 9.93. The molecule has 5 amide bonds. The first-order chi connectivity index (χ1) is 27.6. The number of halogens is 1. The Hall–Kier alpha value is -5.59. The van der Waals surface area contributed by atoms with Gasteiger partial charge in [-0.05, 0) is 80.2 Å². The minimum Gasteiger partial charge on any atom is -0.490 e. The monoisotopic (exact) mass is 791 g/mol. The van der Waals surface area contributed by atoms with Crippen molar-refractivity contribution in [2.24, 2.45) is 17.8 Å².